The number of hydrogen-bond acceptors (Lipinski definition) is 6. The number of thiazole rings is 1. The normalized spacial score (nSPS) is 13.3. The summed E-state index contributed by atoms with van der Waals surface area (Å²) in [6.45, 7) is 2.34. The molecule has 0 saturated heterocycles. The molecule has 3 aromatic heterocycles. The molecule has 3 heterocycles. The van der Waals surface area contributed by atoms with Crippen LogP contribution in [-0.2, 0) is 24.2 Å². The number of aromatic nitrogens is 3. The summed E-state index contributed by atoms with van der Waals surface area (Å²) in [4.78, 5) is 36.7. The van der Waals surface area contributed by atoms with Gasteiger partial charge in [0.25, 0.3) is 5.56 Å². The summed E-state index contributed by atoms with van der Waals surface area (Å²) in [5, 5.41) is 6.12. The quantitative estimate of drug-likeness (QED) is 0.474. The lowest BCUT2D eigenvalue weighted by atomic mass is 9.97. The molecule has 1 N–H and O–H groups in total. The molecular formula is C23H22N4O2S2. The Kier molecular flexibility index (Phi) is 5.41. The Bertz CT molecular complexity index is 1340. The predicted molar refractivity (Wildman–Crippen MR) is 126 cm³/mol. The fraction of sp³-hybridized carbons (Fsp3) is 0.304. The number of fused-ring (bicyclic) bond motifs is 3. The van der Waals surface area contributed by atoms with Crippen molar-refractivity contribution in [3.05, 3.63) is 62.3 Å². The van der Waals surface area contributed by atoms with Crippen LogP contribution in [0.2, 0.25) is 0 Å². The van der Waals surface area contributed by atoms with E-state index in [0.717, 1.165) is 46.3 Å². The zero-order chi connectivity index (χ0) is 21.4. The van der Waals surface area contributed by atoms with E-state index >= 15 is 0 Å². The van der Waals surface area contributed by atoms with Gasteiger partial charge >= 0.3 is 0 Å². The number of thiophene rings is 1. The van der Waals surface area contributed by atoms with Crippen LogP contribution in [0.3, 0.4) is 0 Å². The SMILES string of the molecule is Cc1ccccc1-c1csc(NC(=O)CCn2cnc3sc4c(c3c2=O)CCCC4)n1. The molecule has 1 aromatic carbocycles. The molecule has 1 aliphatic rings. The van der Waals surface area contributed by atoms with Crippen molar-refractivity contribution < 1.29 is 4.79 Å². The van der Waals surface area contributed by atoms with Gasteiger partial charge in [0.15, 0.2) is 5.13 Å². The standard InChI is InChI=1S/C23H22N4O2S2/c1-14-6-2-3-7-15(14)17-12-30-23(25-17)26-19(28)10-11-27-13-24-21-20(22(27)29)16-8-4-5-9-18(16)31-21/h2-3,6-7,12-13H,4-5,8-11H2,1H3,(H,25,26,28). The summed E-state index contributed by atoms with van der Waals surface area (Å²) in [5.41, 5.74) is 4.20. The molecule has 1 amide bonds. The van der Waals surface area contributed by atoms with Gasteiger partial charge in [0, 0.05) is 28.8 Å². The first-order valence-electron chi connectivity index (χ1n) is 10.4. The van der Waals surface area contributed by atoms with Gasteiger partial charge in [-0.05, 0) is 43.7 Å². The van der Waals surface area contributed by atoms with E-state index < -0.39 is 0 Å². The number of benzene rings is 1. The first-order chi connectivity index (χ1) is 15.1. The highest BCUT2D eigenvalue weighted by Gasteiger charge is 2.20. The third kappa shape index (κ3) is 3.93. The maximum absolute atomic E-state index is 13.0. The van der Waals surface area contributed by atoms with Crippen LogP contribution in [0.1, 0.15) is 35.3 Å². The summed E-state index contributed by atoms with van der Waals surface area (Å²) in [6.07, 6.45) is 6.04. The van der Waals surface area contributed by atoms with E-state index in [1.807, 2.05) is 36.6 Å². The third-order valence-corrected chi connectivity index (χ3v) is 7.65. The van der Waals surface area contributed by atoms with E-state index in [4.69, 9.17) is 0 Å². The lowest BCUT2D eigenvalue weighted by Crippen LogP contribution is -2.24. The Balaban J connectivity index is 1.28. The highest BCUT2D eigenvalue weighted by Crippen LogP contribution is 2.33. The Hall–Kier alpha value is -2.84. The smallest absolute Gasteiger partial charge is 0.262 e. The van der Waals surface area contributed by atoms with Crippen molar-refractivity contribution in [2.24, 2.45) is 0 Å². The molecule has 6 nitrogen and oxygen atoms in total. The number of carbonyl (C=O) groups excluding carboxylic acids is 1. The first-order valence-corrected chi connectivity index (χ1v) is 12.1. The van der Waals surface area contributed by atoms with E-state index in [0.29, 0.717) is 11.7 Å². The molecule has 4 aromatic rings. The van der Waals surface area contributed by atoms with Crippen molar-refractivity contribution in [1.82, 2.24) is 14.5 Å². The van der Waals surface area contributed by atoms with Gasteiger partial charge in [-0.25, -0.2) is 9.97 Å². The number of hydrogen-bond donors (Lipinski definition) is 1. The lowest BCUT2D eigenvalue weighted by Gasteiger charge is -2.10. The van der Waals surface area contributed by atoms with Gasteiger partial charge < -0.3 is 5.32 Å². The van der Waals surface area contributed by atoms with E-state index in [2.05, 4.69) is 15.3 Å². The van der Waals surface area contributed by atoms with E-state index in [-0.39, 0.29) is 17.9 Å². The molecule has 5 rings (SSSR count). The number of amides is 1. The van der Waals surface area contributed by atoms with Crippen molar-refractivity contribution in [1.29, 1.82) is 0 Å². The molecule has 0 aliphatic heterocycles. The van der Waals surface area contributed by atoms with Gasteiger partial charge in [0.05, 0.1) is 17.4 Å². The molecular weight excluding hydrogens is 428 g/mol. The van der Waals surface area contributed by atoms with Crippen molar-refractivity contribution in [3.63, 3.8) is 0 Å². The Morgan fingerprint density at radius 3 is 2.94 bits per heavy atom. The molecule has 31 heavy (non-hydrogen) atoms. The van der Waals surface area contributed by atoms with E-state index in [1.165, 1.54) is 28.2 Å². The summed E-state index contributed by atoms with van der Waals surface area (Å²) < 4.78 is 1.56. The zero-order valence-electron chi connectivity index (χ0n) is 17.2. The van der Waals surface area contributed by atoms with Crippen molar-refractivity contribution in [2.45, 2.75) is 45.6 Å². The van der Waals surface area contributed by atoms with Crippen molar-refractivity contribution in [2.75, 3.05) is 5.32 Å². The molecule has 158 valence electrons. The minimum Gasteiger partial charge on any atom is -0.302 e. The first kappa shape index (κ1) is 20.1. The summed E-state index contributed by atoms with van der Waals surface area (Å²) in [7, 11) is 0. The lowest BCUT2D eigenvalue weighted by molar-refractivity contribution is -0.116. The summed E-state index contributed by atoms with van der Waals surface area (Å²) >= 11 is 3.04. The number of rotatable bonds is 5. The second-order valence-electron chi connectivity index (χ2n) is 7.79. The topological polar surface area (TPSA) is 76.9 Å². The van der Waals surface area contributed by atoms with Crippen LogP contribution in [0.15, 0.2) is 40.8 Å². The molecule has 0 spiro atoms. The molecule has 0 atom stereocenters. The largest absolute Gasteiger partial charge is 0.302 e. The van der Waals surface area contributed by atoms with E-state index in [1.54, 1.807) is 22.2 Å². The maximum atomic E-state index is 13.0. The maximum Gasteiger partial charge on any atom is 0.262 e. The van der Waals surface area contributed by atoms with Crippen LogP contribution >= 0.6 is 22.7 Å². The van der Waals surface area contributed by atoms with Gasteiger partial charge in [-0.1, -0.05) is 24.3 Å². The average Bonchev–Trinajstić information content (AvgIpc) is 3.38. The van der Waals surface area contributed by atoms with Gasteiger partial charge in [-0.15, -0.1) is 22.7 Å². The van der Waals surface area contributed by atoms with Crippen LogP contribution in [0, 0.1) is 6.92 Å². The Morgan fingerprint density at radius 1 is 1.23 bits per heavy atom. The number of carbonyl (C=O) groups is 1. The van der Waals surface area contributed by atoms with Crippen LogP contribution in [0.5, 0.6) is 0 Å². The molecule has 8 heteroatoms. The molecule has 0 radical (unpaired) electrons. The average molecular weight is 451 g/mol. The van der Waals surface area contributed by atoms with Crippen LogP contribution in [0.25, 0.3) is 21.5 Å². The highest BCUT2D eigenvalue weighted by atomic mass is 32.1. The van der Waals surface area contributed by atoms with E-state index in [9.17, 15) is 9.59 Å². The van der Waals surface area contributed by atoms with Crippen molar-refractivity contribution >= 4 is 43.9 Å². The number of nitrogens with one attached hydrogen (secondary N) is 1. The Labute approximate surface area is 187 Å². The summed E-state index contributed by atoms with van der Waals surface area (Å²) in [6, 6.07) is 8.04. The second-order valence-corrected chi connectivity index (χ2v) is 9.73. The fourth-order valence-electron chi connectivity index (χ4n) is 4.06. The molecule has 0 bridgehead atoms. The Morgan fingerprint density at radius 2 is 2.06 bits per heavy atom. The molecule has 0 unspecified atom stereocenters. The number of nitrogens with zero attached hydrogens (tertiary/aromatic N) is 3. The minimum absolute atomic E-state index is 0.0340. The van der Waals surface area contributed by atoms with Crippen LogP contribution < -0.4 is 10.9 Å². The molecule has 0 fully saturated rings. The van der Waals surface area contributed by atoms with Gasteiger partial charge in [0.1, 0.15) is 4.83 Å². The van der Waals surface area contributed by atoms with Crippen molar-refractivity contribution in [3.8, 4) is 11.3 Å². The highest BCUT2D eigenvalue weighted by molar-refractivity contribution is 7.18. The van der Waals surface area contributed by atoms with Gasteiger partial charge in [-0.3, -0.25) is 14.2 Å². The van der Waals surface area contributed by atoms with Crippen LogP contribution in [0.4, 0.5) is 5.13 Å². The third-order valence-electron chi connectivity index (χ3n) is 5.69. The zero-order valence-corrected chi connectivity index (χ0v) is 18.8. The second kappa shape index (κ2) is 8.36. The summed E-state index contributed by atoms with van der Waals surface area (Å²) in [5.74, 6) is -0.162. The molecule has 1 aliphatic carbocycles. The number of anilines is 1. The fourth-order valence-corrected chi connectivity index (χ4v) is 6.01. The van der Waals surface area contributed by atoms with Gasteiger partial charge in [0.2, 0.25) is 5.91 Å². The minimum atomic E-state index is -0.162. The predicted octanol–water partition coefficient (Wildman–Crippen LogP) is 4.80. The van der Waals surface area contributed by atoms with Crippen LogP contribution in [-0.4, -0.2) is 20.4 Å². The monoisotopic (exact) mass is 450 g/mol. The molecule has 0 saturated carbocycles. The number of aryl methyl sites for hydroxylation is 4. The van der Waals surface area contributed by atoms with Gasteiger partial charge in [-0.2, -0.15) is 0 Å².